The second-order valence-corrected chi connectivity index (χ2v) is 6.97. The zero-order chi connectivity index (χ0) is 14.4. The Bertz CT molecular complexity index is 313. The van der Waals surface area contributed by atoms with E-state index in [2.05, 4.69) is 11.8 Å². The minimum atomic E-state index is -0.112. The van der Waals surface area contributed by atoms with Gasteiger partial charge >= 0.3 is 5.97 Å². The van der Waals surface area contributed by atoms with Crippen LogP contribution in [-0.2, 0) is 14.3 Å². The number of carbonyl (C=O) groups is 1. The quantitative estimate of drug-likeness (QED) is 0.729. The van der Waals surface area contributed by atoms with Gasteiger partial charge in [-0.05, 0) is 43.7 Å². The summed E-state index contributed by atoms with van der Waals surface area (Å²) in [7, 11) is 1.46. The number of esters is 1. The molecule has 0 aromatic heterocycles. The lowest BCUT2D eigenvalue weighted by atomic mass is 9.85. The SMILES string of the molecule is CCN(CCC(=O)OC)C1CCOC2(CCSCC2)C1. The highest BCUT2D eigenvalue weighted by Gasteiger charge is 2.40. The highest BCUT2D eigenvalue weighted by atomic mass is 32.2. The van der Waals surface area contributed by atoms with Crippen LogP contribution in [0.5, 0.6) is 0 Å². The highest BCUT2D eigenvalue weighted by molar-refractivity contribution is 7.99. The Hall–Kier alpha value is -0.260. The number of carbonyl (C=O) groups excluding carboxylic acids is 1. The summed E-state index contributed by atoms with van der Waals surface area (Å²) in [6.45, 7) is 4.84. The molecule has 4 nitrogen and oxygen atoms in total. The molecule has 2 aliphatic rings. The lowest BCUT2D eigenvalue weighted by Gasteiger charge is -2.46. The van der Waals surface area contributed by atoms with Crippen molar-refractivity contribution in [3.63, 3.8) is 0 Å². The topological polar surface area (TPSA) is 38.8 Å². The van der Waals surface area contributed by atoms with Crippen LogP contribution >= 0.6 is 11.8 Å². The third-order valence-electron chi connectivity index (χ3n) is 4.62. The first-order valence-electron chi connectivity index (χ1n) is 7.72. The Kier molecular flexibility index (Phi) is 6.18. The molecule has 20 heavy (non-hydrogen) atoms. The average molecular weight is 301 g/mol. The van der Waals surface area contributed by atoms with Gasteiger partial charge in [0.25, 0.3) is 0 Å². The molecule has 116 valence electrons. The number of ether oxygens (including phenoxy) is 2. The molecule has 0 radical (unpaired) electrons. The predicted octanol–water partition coefficient (Wildman–Crippen LogP) is 2.32. The van der Waals surface area contributed by atoms with Crippen molar-refractivity contribution in [3.05, 3.63) is 0 Å². The Morgan fingerprint density at radius 2 is 2.20 bits per heavy atom. The minimum absolute atomic E-state index is 0.112. The third-order valence-corrected chi connectivity index (χ3v) is 5.61. The summed E-state index contributed by atoms with van der Waals surface area (Å²) in [5.74, 6) is 2.33. The molecule has 0 aliphatic carbocycles. The van der Waals surface area contributed by atoms with E-state index in [1.807, 2.05) is 11.8 Å². The predicted molar refractivity (Wildman–Crippen MR) is 82.1 cm³/mol. The van der Waals surface area contributed by atoms with E-state index in [1.165, 1.54) is 31.5 Å². The molecule has 1 atom stereocenters. The zero-order valence-corrected chi connectivity index (χ0v) is 13.5. The molecule has 2 heterocycles. The number of thioether (sulfide) groups is 1. The van der Waals surface area contributed by atoms with Crippen molar-refractivity contribution in [2.45, 2.75) is 50.7 Å². The van der Waals surface area contributed by atoms with Gasteiger partial charge < -0.3 is 9.47 Å². The van der Waals surface area contributed by atoms with Crippen LogP contribution in [0, 0.1) is 0 Å². The minimum Gasteiger partial charge on any atom is -0.469 e. The van der Waals surface area contributed by atoms with Crippen molar-refractivity contribution >= 4 is 17.7 Å². The monoisotopic (exact) mass is 301 g/mol. The fourth-order valence-electron chi connectivity index (χ4n) is 3.34. The van der Waals surface area contributed by atoms with Gasteiger partial charge in [-0.2, -0.15) is 11.8 Å². The van der Waals surface area contributed by atoms with Gasteiger partial charge in [0.2, 0.25) is 0 Å². The first kappa shape index (κ1) is 16.1. The van der Waals surface area contributed by atoms with Crippen LogP contribution in [0.3, 0.4) is 0 Å². The molecule has 0 aromatic carbocycles. The summed E-state index contributed by atoms with van der Waals surface area (Å²) in [6, 6.07) is 0.557. The van der Waals surface area contributed by atoms with E-state index in [0.29, 0.717) is 12.5 Å². The number of nitrogens with zero attached hydrogens (tertiary/aromatic N) is 1. The average Bonchev–Trinajstić information content (AvgIpc) is 2.48. The summed E-state index contributed by atoms with van der Waals surface area (Å²) in [6.07, 6.45) is 5.07. The first-order valence-corrected chi connectivity index (χ1v) is 8.87. The number of hydrogen-bond acceptors (Lipinski definition) is 5. The molecule has 2 aliphatic heterocycles. The zero-order valence-electron chi connectivity index (χ0n) is 12.7. The Labute approximate surface area is 126 Å². The second-order valence-electron chi connectivity index (χ2n) is 5.75. The lowest BCUT2D eigenvalue weighted by molar-refractivity contribution is -0.141. The number of rotatable bonds is 5. The van der Waals surface area contributed by atoms with Crippen molar-refractivity contribution < 1.29 is 14.3 Å². The molecular formula is C15H27NO3S. The van der Waals surface area contributed by atoms with E-state index in [0.717, 1.165) is 32.5 Å². The van der Waals surface area contributed by atoms with Crippen molar-refractivity contribution in [2.75, 3.05) is 38.3 Å². The van der Waals surface area contributed by atoms with Crippen molar-refractivity contribution in [1.29, 1.82) is 0 Å². The first-order chi connectivity index (χ1) is 9.69. The van der Waals surface area contributed by atoms with Crippen molar-refractivity contribution in [1.82, 2.24) is 4.90 Å². The normalized spacial score (nSPS) is 25.9. The summed E-state index contributed by atoms with van der Waals surface area (Å²) in [5, 5.41) is 0. The van der Waals surface area contributed by atoms with Crippen molar-refractivity contribution in [3.8, 4) is 0 Å². The summed E-state index contributed by atoms with van der Waals surface area (Å²) >= 11 is 2.04. The molecule has 1 spiro atoms. The Morgan fingerprint density at radius 1 is 1.45 bits per heavy atom. The van der Waals surface area contributed by atoms with E-state index in [9.17, 15) is 4.79 Å². The van der Waals surface area contributed by atoms with Gasteiger partial charge in [0.15, 0.2) is 0 Å². The lowest BCUT2D eigenvalue weighted by Crippen LogP contribution is -2.50. The van der Waals surface area contributed by atoms with Crippen LogP contribution in [0.2, 0.25) is 0 Å². The molecule has 5 heteroatoms. The van der Waals surface area contributed by atoms with Crippen LogP contribution in [-0.4, -0.2) is 60.8 Å². The van der Waals surface area contributed by atoms with Gasteiger partial charge in [0.1, 0.15) is 0 Å². The van der Waals surface area contributed by atoms with Gasteiger partial charge in [-0.3, -0.25) is 9.69 Å². The fraction of sp³-hybridized carbons (Fsp3) is 0.933. The smallest absolute Gasteiger partial charge is 0.306 e. The van der Waals surface area contributed by atoms with E-state index in [4.69, 9.17) is 9.47 Å². The van der Waals surface area contributed by atoms with Gasteiger partial charge in [0, 0.05) is 19.2 Å². The summed E-state index contributed by atoms with van der Waals surface area (Å²) in [4.78, 5) is 13.8. The maximum absolute atomic E-state index is 11.3. The number of hydrogen-bond donors (Lipinski definition) is 0. The standard InChI is InChI=1S/C15H27NO3S/c1-3-16(8-4-14(17)18-2)13-5-9-19-15(12-13)6-10-20-11-7-15/h13H,3-12H2,1-2H3. The maximum Gasteiger partial charge on any atom is 0.306 e. The molecule has 0 aromatic rings. The molecule has 2 fully saturated rings. The summed E-state index contributed by atoms with van der Waals surface area (Å²) in [5.41, 5.74) is 0.118. The van der Waals surface area contributed by atoms with Gasteiger partial charge in [-0.1, -0.05) is 6.92 Å². The Balaban J connectivity index is 1.90. The van der Waals surface area contributed by atoms with Gasteiger partial charge in [-0.25, -0.2) is 0 Å². The molecule has 2 saturated heterocycles. The van der Waals surface area contributed by atoms with Gasteiger partial charge in [0.05, 0.1) is 19.1 Å². The van der Waals surface area contributed by atoms with E-state index >= 15 is 0 Å². The molecule has 1 unspecified atom stereocenters. The molecule has 0 amide bonds. The molecule has 0 bridgehead atoms. The van der Waals surface area contributed by atoms with E-state index in [-0.39, 0.29) is 11.6 Å². The molecule has 2 rings (SSSR count). The fourth-order valence-corrected chi connectivity index (χ4v) is 4.58. The van der Waals surface area contributed by atoms with Crippen LogP contribution in [0.25, 0.3) is 0 Å². The van der Waals surface area contributed by atoms with Crippen molar-refractivity contribution in [2.24, 2.45) is 0 Å². The Morgan fingerprint density at radius 3 is 2.85 bits per heavy atom. The third kappa shape index (κ3) is 4.12. The maximum atomic E-state index is 11.3. The second kappa shape index (κ2) is 7.66. The molecule has 0 saturated carbocycles. The molecular weight excluding hydrogens is 274 g/mol. The highest BCUT2D eigenvalue weighted by Crippen LogP contribution is 2.38. The van der Waals surface area contributed by atoms with Crippen LogP contribution < -0.4 is 0 Å². The number of methoxy groups -OCH3 is 1. The van der Waals surface area contributed by atoms with E-state index < -0.39 is 0 Å². The van der Waals surface area contributed by atoms with Gasteiger partial charge in [-0.15, -0.1) is 0 Å². The van der Waals surface area contributed by atoms with Crippen LogP contribution in [0.4, 0.5) is 0 Å². The summed E-state index contributed by atoms with van der Waals surface area (Å²) < 4.78 is 10.9. The molecule has 0 N–H and O–H groups in total. The van der Waals surface area contributed by atoms with E-state index in [1.54, 1.807) is 0 Å². The largest absolute Gasteiger partial charge is 0.469 e. The van der Waals surface area contributed by atoms with Crippen LogP contribution in [0.15, 0.2) is 0 Å². The van der Waals surface area contributed by atoms with Crippen LogP contribution in [0.1, 0.15) is 39.0 Å².